The van der Waals surface area contributed by atoms with Crippen molar-refractivity contribution in [3.8, 4) is 0 Å². The molecule has 1 aromatic carbocycles. The first kappa shape index (κ1) is 13.5. The highest BCUT2D eigenvalue weighted by Crippen LogP contribution is 2.66. The van der Waals surface area contributed by atoms with Crippen molar-refractivity contribution in [3.05, 3.63) is 53.6 Å². The summed E-state index contributed by atoms with van der Waals surface area (Å²) in [7, 11) is 0. The fourth-order valence-corrected chi connectivity index (χ4v) is 3.54. The van der Waals surface area contributed by atoms with Crippen molar-refractivity contribution < 1.29 is 19.3 Å². The van der Waals surface area contributed by atoms with Gasteiger partial charge >= 0.3 is 6.09 Å². The first-order valence-electron chi connectivity index (χ1n) is 7.42. The van der Waals surface area contributed by atoms with Crippen molar-refractivity contribution in [2.45, 2.75) is 25.0 Å². The Hall–Kier alpha value is -2.11. The molecular formula is C17H17NO4. The second-order valence-electron chi connectivity index (χ2n) is 5.73. The third-order valence-electron chi connectivity index (χ3n) is 4.65. The maximum absolute atomic E-state index is 12.3. The highest BCUT2D eigenvalue weighted by atomic mass is 17.2. The molecule has 0 bridgehead atoms. The largest absolute Gasteiger partial charge is 0.445 e. The van der Waals surface area contributed by atoms with Crippen LogP contribution in [0.4, 0.5) is 10.5 Å². The minimum absolute atomic E-state index is 0.314. The average Bonchev–Trinajstić information content (AvgIpc) is 3.24. The molecule has 5 nitrogen and oxygen atoms in total. The smallest absolute Gasteiger partial charge is 0.346 e. The Morgan fingerprint density at radius 1 is 1.41 bits per heavy atom. The van der Waals surface area contributed by atoms with Gasteiger partial charge in [-0.25, -0.2) is 4.79 Å². The molecule has 0 saturated carbocycles. The van der Waals surface area contributed by atoms with Crippen LogP contribution in [0.1, 0.15) is 19.4 Å². The predicted molar refractivity (Wildman–Crippen MR) is 80.3 cm³/mol. The van der Waals surface area contributed by atoms with E-state index in [0.29, 0.717) is 13.2 Å². The summed E-state index contributed by atoms with van der Waals surface area (Å²) in [4.78, 5) is 23.6. The van der Waals surface area contributed by atoms with Crippen molar-refractivity contribution in [1.82, 2.24) is 0 Å². The van der Waals surface area contributed by atoms with Gasteiger partial charge in [-0.3, -0.25) is 9.79 Å². The van der Waals surface area contributed by atoms with E-state index < -0.39 is 17.3 Å². The molecule has 4 rings (SSSR count). The predicted octanol–water partition coefficient (Wildman–Crippen LogP) is 3.08. The number of hydrogen-bond acceptors (Lipinski definition) is 4. The van der Waals surface area contributed by atoms with E-state index in [9.17, 15) is 4.79 Å². The van der Waals surface area contributed by atoms with E-state index >= 15 is 0 Å². The van der Waals surface area contributed by atoms with Gasteiger partial charge in [-0.15, -0.1) is 0 Å². The SMILES string of the molecule is CCOOC(=O)N1CC23OC2(C=CC=C3C)c2ccccc21. The van der Waals surface area contributed by atoms with Gasteiger partial charge in [0.2, 0.25) is 0 Å². The Bertz CT molecular complexity index is 710. The van der Waals surface area contributed by atoms with Gasteiger partial charge in [0.1, 0.15) is 11.2 Å². The van der Waals surface area contributed by atoms with Crippen LogP contribution in [0.15, 0.2) is 48.1 Å². The summed E-state index contributed by atoms with van der Waals surface area (Å²) >= 11 is 0. The minimum Gasteiger partial charge on any atom is -0.346 e. The first-order valence-corrected chi connectivity index (χ1v) is 7.42. The summed E-state index contributed by atoms with van der Waals surface area (Å²) in [6.07, 6.45) is 5.61. The Kier molecular flexibility index (Phi) is 2.74. The van der Waals surface area contributed by atoms with Crippen LogP contribution < -0.4 is 4.90 Å². The Morgan fingerprint density at radius 2 is 2.23 bits per heavy atom. The summed E-state index contributed by atoms with van der Waals surface area (Å²) < 4.78 is 6.19. The summed E-state index contributed by atoms with van der Waals surface area (Å²) in [5, 5.41) is 0. The van der Waals surface area contributed by atoms with Crippen molar-refractivity contribution >= 4 is 11.8 Å². The number of fused-ring (bicyclic) bond motifs is 1. The molecular weight excluding hydrogens is 282 g/mol. The van der Waals surface area contributed by atoms with Crippen molar-refractivity contribution in [2.75, 3.05) is 18.1 Å². The maximum atomic E-state index is 12.3. The standard InChI is InChI=1S/C17H17NO4/c1-3-20-21-15(19)18-11-17-12(2)7-6-10-16(17,22-17)13-8-4-5-9-14(13)18/h4-10H,3,11H2,1-2H3. The normalized spacial score (nSPS) is 30.8. The highest BCUT2D eigenvalue weighted by Gasteiger charge is 2.74. The van der Waals surface area contributed by atoms with Crippen LogP contribution in [0.3, 0.4) is 0 Å². The number of ether oxygens (including phenoxy) is 1. The molecule has 1 aliphatic carbocycles. The molecule has 0 spiro atoms. The van der Waals surface area contributed by atoms with E-state index in [0.717, 1.165) is 16.8 Å². The van der Waals surface area contributed by atoms with Crippen LogP contribution in [0, 0.1) is 0 Å². The van der Waals surface area contributed by atoms with Crippen LogP contribution in [0.2, 0.25) is 0 Å². The second-order valence-corrected chi connectivity index (χ2v) is 5.73. The van der Waals surface area contributed by atoms with Gasteiger partial charge in [0.15, 0.2) is 0 Å². The number of anilines is 1. The third-order valence-corrected chi connectivity index (χ3v) is 4.65. The van der Waals surface area contributed by atoms with Gasteiger partial charge in [0, 0.05) is 5.56 Å². The molecule has 2 heterocycles. The lowest BCUT2D eigenvalue weighted by molar-refractivity contribution is -0.232. The van der Waals surface area contributed by atoms with Gasteiger partial charge in [-0.1, -0.05) is 30.4 Å². The molecule has 2 aliphatic heterocycles. The Labute approximate surface area is 128 Å². The van der Waals surface area contributed by atoms with Gasteiger partial charge in [-0.05, 0) is 31.6 Å². The summed E-state index contributed by atoms with van der Waals surface area (Å²) in [5.74, 6) is 0. The fraction of sp³-hybridized carbons (Fsp3) is 0.353. The van der Waals surface area contributed by atoms with Crippen LogP contribution >= 0.6 is 0 Å². The zero-order valence-corrected chi connectivity index (χ0v) is 12.5. The van der Waals surface area contributed by atoms with E-state index in [4.69, 9.17) is 14.5 Å². The number of para-hydroxylation sites is 1. The first-order chi connectivity index (χ1) is 10.6. The molecule has 2 unspecified atom stereocenters. The van der Waals surface area contributed by atoms with Crippen molar-refractivity contribution in [2.24, 2.45) is 0 Å². The van der Waals surface area contributed by atoms with Gasteiger partial charge in [0.05, 0.1) is 18.8 Å². The average molecular weight is 299 g/mol. The van der Waals surface area contributed by atoms with Crippen LogP contribution in [0.5, 0.6) is 0 Å². The summed E-state index contributed by atoms with van der Waals surface area (Å²) in [6.45, 7) is 4.53. The van der Waals surface area contributed by atoms with Crippen LogP contribution in [-0.2, 0) is 20.1 Å². The van der Waals surface area contributed by atoms with Crippen molar-refractivity contribution in [1.29, 1.82) is 0 Å². The minimum atomic E-state index is -0.518. The quantitative estimate of drug-likeness (QED) is 0.478. The number of rotatable bonds is 2. The molecule has 1 saturated heterocycles. The maximum Gasteiger partial charge on any atom is 0.445 e. The lowest BCUT2D eigenvalue weighted by Gasteiger charge is -2.35. The van der Waals surface area contributed by atoms with Gasteiger partial charge < -0.3 is 4.74 Å². The molecule has 1 fully saturated rings. The number of epoxide rings is 1. The Balaban J connectivity index is 1.80. The molecule has 1 amide bonds. The van der Waals surface area contributed by atoms with E-state index in [1.165, 1.54) is 0 Å². The highest BCUT2D eigenvalue weighted by molar-refractivity contribution is 5.91. The molecule has 5 heteroatoms. The molecule has 0 N–H and O–H groups in total. The number of carbonyl (C=O) groups excluding carboxylic acids is 1. The second kappa shape index (κ2) is 4.44. The fourth-order valence-electron chi connectivity index (χ4n) is 3.54. The van der Waals surface area contributed by atoms with Crippen molar-refractivity contribution in [3.63, 3.8) is 0 Å². The summed E-state index contributed by atoms with van der Waals surface area (Å²) in [5.41, 5.74) is 1.96. The molecule has 0 aromatic heterocycles. The third kappa shape index (κ3) is 1.52. The zero-order chi connectivity index (χ0) is 15.4. The molecule has 1 aromatic rings. The number of nitrogens with zero attached hydrogens (tertiary/aromatic N) is 1. The molecule has 22 heavy (non-hydrogen) atoms. The van der Waals surface area contributed by atoms with E-state index in [-0.39, 0.29) is 0 Å². The lowest BCUT2D eigenvalue weighted by Crippen LogP contribution is -2.47. The number of amides is 1. The number of carbonyl (C=O) groups is 1. The van der Waals surface area contributed by atoms with E-state index in [1.807, 2.05) is 43.3 Å². The summed E-state index contributed by atoms with van der Waals surface area (Å²) in [6, 6.07) is 7.77. The number of allylic oxidation sites excluding steroid dienone is 2. The topological polar surface area (TPSA) is 51.3 Å². The van der Waals surface area contributed by atoms with Gasteiger partial charge in [0.25, 0.3) is 0 Å². The van der Waals surface area contributed by atoms with Crippen LogP contribution in [-0.4, -0.2) is 24.8 Å². The Morgan fingerprint density at radius 3 is 3.05 bits per heavy atom. The number of hydrogen-bond donors (Lipinski definition) is 0. The lowest BCUT2D eigenvalue weighted by atomic mass is 9.75. The zero-order valence-electron chi connectivity index (χ0n) is 12.5. The van der Waals surface area contributed by atoms with E-state index in [2.05, 4.69) is 6.08 Å². The van der Waals surface area contributed by atoms with Crippen LogP contribution in [0.25, 0.3) is 0 Å². The molecule has 2 atom stereocenters. The number of benzene rings is 1. The molecule has 0 radical (unpaired) electrons. The molecule has 3 aliphatic rings. The van der Waals surface area contributed by atoms with Gasteiger partial charge in [-0.2, -0.15) is 4.89 Å². The van der Waals surface area contributed by atoms with E-state index in [1.54, 1.807) is 11.8 Å². The molecule has 114 valence electrons. The monoisotopic (exact) mass is 299 g/mol.